The van der Waals surface area contributed by atoms with Crippen molar-refractivity contribution < 1.29 is 8.95 Å². The van der Waals surface area contributed by atoms with Crippen LogP contribution in [0.1, 0.15) is 25.0 Å². The zero-order chi connectivity index (χ0) is 13.8. The van der Waals surface area contributed by atoms with Crippen LogP contribution >= 0.6 is 0 Å². The van der Waals surface area contributed by atoms with Crippen LogP contribution in [0.5, 0.6) is 11.6 Å². The number of hydrogen-bond donors (Lipinski definition) is 0. The van der Waals surface area contributed by atoms with Crippen molar-refractivity contribution in [1.29, 1.82) is 0 Å². The first kappa shape index (κ1) is 13.7. The molecule has 1 aliphatic heterocycles. The molecule has 4 nitrogen and oxygen atoms in total. The van der Waals surface area contributed by atoms with Crippen LogP contribution in [0.25, 0.3) is 0 Å². The van der Waals surface area contributed by atoms with Gasteiger partial charge in [0.1, 0.15) is 10.6 Å². The molecule has 0 saturated heterocycles. The Bertz CT molecular complexity index is 614. The summed E-state index contributed by atoms with van der Waals surface area (Å²) in [4.78, 5) is 8.87. The normalized spacial score (nSPS) is 16.1. The van der Waals surface area contributed by atoms with Gasteiger partial charge in [0, 0.05) is 24.2 Å². The minimum absolute atomic E-state index is 0.418. The molecule has 0 fully saturated rings. The fraction of sp³-hybridized carbons (Fsp3) is 0.286. The highest BCUT2D eigenvalue weighted by Crippen LogP contribution is 2.33. The minimum Gasteiger partial charge on any atom is -0.437 e. The maximum atomic E-state index is 12.2. The summed E-state index contributed by atoms with van der Waals surface area (Å²) >= 11 is 0. The molecule has 19 heavy (non-hydrogen) atoms. The summed E-state index contributed by atoms with van der Waals surface area (Å²) in [5.41, 5.74) is 1.83. The van der Waals surface area contributed by atoms with Crippen LogP contribution in [0, 0.1) is 6.92 Å². The van der Waals surface area contributed by atoms with Gasteiger partial charge in [-0.05, 0) is 24.6 Å². The minimum atomic E-state index is -1.13. The first-order chi connectivity index (χ1) is 9.24. The van der Waals surface area contributed by atoms with Crippen molar-refractivity contribution >= 4 is 10.8 Å². The summed E-state index contributed by atoms with van der Waals surface area (Å²) in [6, 6.07) is 3.63. The monoisotopic (exact) mass is 276 g/mol. The first-order valence-corrected chi connectivity index (χ1v) is 7.52. The fourth-order valence-corrected chi connectivity index (χ4v) is 2.98. The molecule has 0 aliphatic carbocycles. The van der Waals surface area contributed by atoms with Crippen LogP contribution in [0.3, 0.4) is 0 Å². The summed E-state index contributed by atoms with van der Waals surface area (Å²) in [6.45, 7) is 5.92. The highest BCUT2D eigenvalue weighted by atomic mass is 32.2. The van der Waals surface area contributed by atoms with Gasteiger partial charge >= 0.3 is 0 Å². The van der Waals surface area contributed by atoms with Crippen molar-refractivity contribution in [3.05, 3.63) is 41.9 Å². The summed E-state index contributed by atoms with van der Waals surface area (Å²) < 4.78 is 17.9. The molecule has 100 valence electrons. The highest BCUT2D eigenvalue weighted by Gasteiger charge is 2.21. The number of pyridine rings is 2. The van der Waals surface area contributed by atoms with Gasteiger partial charge in [0.25, 0.3) is 0 Å². The Morgan fingerprint density at radius 3 is 2.89 bits per heavy atom. The Morgan fingerprint density at radius 2 is 2.11 bits per heavy atom. The third-order valence-electron chi connectivity index (χ3n) is 2.55. The van der Waals surface area contributed by atoms with E-state index in [4.69, 9.17) is 4.74 Å². The molecule has 0 spiro atoms. The fourth-order valence-electron chi connectivity index (χ4n) is 1.72. The molecule has 3 rings (SSSR count). The van der Waals surface area contributed by atoms with Gasteiger partial charge in [-0.3, -0.25) is 9.19 Å². The lowest BCUT2D eigenvalue weighted by Crippen LogP contribution is -1.96. The van der Waals surface area contributed by atoms with Crippen LogP contribution in [-0.2, 0) is 16.6 Å². The Kier molecular flexibility index (Phi) is 4.27. The van der Waals surface area contributed by atoms with Crippen molar-refractivity contribution in [2.75, 3.05) is 0 Å². The van der Waals surface area contributed by atoms with E-state index in [2.05, 4.69) is 9.97 Å². The number of aryl methyl sites for hydroxylation is 1. The Labute approximate surface area is 115 Å². The Balaban J connectivity index is 0.000000637. The summed E-state index contributed by atoms with van der Waals surface area (Å²) in [5, 5.41) is 0. The maximum absolute atomic E-state index is 12.2. The molecule has 1 atom stereocenters. The van der Waals surface area contributed by atoms with Crippen LogP contribution in [-0.4, -0.2) is 14.2 Å². The molecule has 0 amide bonds. The molecule has 3 heterocycles. The molecular formula is C14H16N2O2S. The van der Waals surface area contributed by atoms with Gasteiger partial charge in [-0.25, -0.2) is 4.98 Å². The summed E-state index contributed by atoms with van der Waals surface area (Å²) in [6.07, 6.45) is 5.05. The topological polar surface area (TPSA) is 52.1 Å². The average molecular weight is 276 g/mol. The van der Waals surface area contributed by atoms with Crippen molar-refractivity contribution in [2.45, 2.75) is 31.4 Å². The lowest BCUT2D eigenvalue weighted by molar-refractivity contribution is 0.447. The molecule has 0 bridgehead atoms. The average Bonchev–Trinajstić information content (AvgIpc) is 2.58. The van der Waals surface area contributed by atoms with E-state index in [1.54, 1.807) is 24.7 Å². The van der Waals surface area contributed by atoms with Gasteiger partial charge in [0.15, 0.2) is 0 Å². The first-order valence-electron chi connectivity index (χ1n) is 6.20. The van der Waals surface area contributed by atoms with Gasteiger partial charge in [-0.1, -0.05) is 13.8 Å². The molecule has 2 aromatic rings. The zero-order valence-corrected chi connectivity index (χ0v) is 12.0. The summed E-state index contributed by atoms with van der Waals surface area (Å²) in [5.74, 6) is 1.53. The molecule has 1 aliphatic rings. The third kappa shape index (κ3) is 2.81. The standard InChI is InChI=1S/C12H10N2O2S.C2H6/c1-8-4-11-12(14-5-8)16-10-2-3-13-6-9(10)7-17(11)15;1-2/h2-6H,7H2,1H3;1-2H3. The second kappa shape index (κ2) is 5.93. The predicted octanol–water partition coefficient (Wildman–Crippen LogP) is 3.22. The lowest BCUT2D eigenvalue weighted by atomic mass is 10.3. The van der Waals surface area contributed by atoms with Crippen molar-refractivity contribution in [1.82, 2.24) is 9.97 Å². The van der Waals surface area contributed by atoms with Crippen molar-refractivity contribution in [3.8, 4) is 11.6 Å². The van der Waals surface area contributed by atoms with Gasteiger partial charge in [0.2, 0.25) is 5.88 Å². The molecule has 0 saturated carbocycles. The maximum Gasteiger partial charge on any atom is 0.235 e. The molecule has 0 radical (unpaired) electrons. The second-order valence-corrected chi connectivity index (χ2v) is 5.31. The van der Waals surface area contributed by atoms with Crippen LogP contribution in [0.4, 0.5) is 0 Å². The van der Waals surface area contributed by atoms with E-state index in [0.29, 0.717) is 22.3 Å². The summed E-state index contributed by atoms with van der Waals surface area (Å²) in [7, 11) is -1.13. The Morgan fingerprint density at radius 1 is 1.32 bits per heavy atom. The molecular weight excluding hydrogens is 260 g/mol. The van der Waals surface area contributed by atoms with E-state index in [1.807, 2.05) is 26.8 Å². The van der Waals surface area contributed by atoms with E-state index >= 15 is 0 Å². The number of fused-ring (bicyclic) bond motifs is 2. The molecule has 5 heteroatoms. The molecule has 0 N–H and O–H groups in total. The molecule has 2 aromatic heterocycles. The van der Waals surface area contributed by atoms with Crippen LogP contribution in [0.2, 0.25) is 0 Å². The number of rotatable bonds is 0. The van der Waals surface area contributed by atoms with Gasteiger partial charge in [0.05, 0.1) is 16.6 Å². The zero-order valence-electron chi connectivity index (χ0n) is 11.2. The van der Waals surface area contributed by atoms with Gasteiger partial charge < -0.3 is 4.74 Å². The van der Waals surface area contributed by atoms with E-state index < -0.39 is 10.8 Å². The van der Waals surface area contributed by atoms with E-state index in [0.717, 1.165) is 11.1 Å². The van der Waals surface area contributed by atoms with Gasteiger partial charge in [-0.2, -0.15) is 0 Å². The SMILES string of the molecule is CC.Cc1cnc2c(c1)S(=O)Cc1cnccc1O2. The quantitative estimate of drug-likeness (QED) is 0.741. The van der Waals surface area contributed by atoms with E-state index in [9.17, 15) is 4.21 Å². The molecule has 0 aromatic carbocycles. The number of aromatic nitrogens is 2. The van der Waals surface area contributed by atoms with Crippen molar-refractivity contribution in [3.63, 3.8) is 0 Å². The lowest BCUT2D eigenvalue weighted by Gasteiger charge is -2.06. The highest BCUT2D eigenvalue weighted by molar-refractivity contribution is 7.84. The van der Waals surface area contributed by atoms with Crippen LogP contribution in [0.15, 0.2) is 35.6 Å². The number of ether oxygens (including phenoxy) is 1. The molecule has 1 unspecified atom stereocenters. The third-order valence-corrected chi connectivity index (χ3v) is 3.91. The smallest absolute Gasteiger partial charge is 0.235 e. The second-order valence-electron chi connectivity index (χ2n) is 3.89. The van der Waals surface area contributed by atoms with Gasteiger partial charge in [-0.15, -0.1) is 0 Å². The number of nitrogens with zero attached hydrogens (tertiary/aromatic N) is 2. The van der Waals surface area contributed by atoms with Crippen LogP contribution < -0.4 is 4.74 Å². The Hall–Kier alpha value is -1.75. The van der Waals surface area contributed by atoms with E-state index in [-0.39, 0.29) is 0 Å². The van der Waals surface area contributed by atoms with Crippen molar-refractivity contribution in [2.24, 2.45) is 0 Å². The van der Waals surface area contributed by atoms with E-state index in [1.165, 1.54) is 0 Å². The predicted molar refractivity (Wildman–Crippen MR) is 74.7 cm³/mol. The largest absolute Gasteiger partial charge is 0.437 e. The number of hydrogen-bond acceptors (Lipinski definition) is 4.